The third kappa shape index (κ3) is 9.54. The molecule has 0 aliphatic heterocycles. The van der Waals surface area contributed by atoms with E-state index in [0.717, 1.165) is 47.9 Å². The van der Waals surface area contributed by atoms with Crippen LogP contribution in [0.25, 0.3) is 22.0 Å². The number of aryl methyl sites for hydroxylation is 1. The van der Waals surface area contributed by atoms with Crippen LogP contribution in [-0.2, 0) is 17.6 Å². The van der Waals surface area contributed by atoms with Gasteiger partial charge in [0.15, 0.2) is 0 Å². The van der Waals surface area contributed by atoms with Crippen LogP contribution in [0.5, 0.6) is 5.75 Å². The minimum atomic E-state index is -0.973. The highest BCUT2D eigenvalue weighted by Crippen LogP contribution is 2.36. The Morgan fingerprint density at radius 1 is 0.926 bits per heavy atom. The number of fused-ring (bicyclic) bond motifs is 1. The monoisotopic (exact) mass is 731 g/mol. The molecule has 282 valence electrons. The van der Waals surface area contributed by atoms with Crippen molar-refractivity contribution in [2.75, 3.05) is 16.8 Å². The Balaban J connectivity index is 1.01. The van der Waals surface area contributed by atoms with Crippen LogP contribution in [0.15, 0.2) is 102 Å². The topological polar surface area (TPSA) is 181 Å². The van der Waals surface area contributed by atoms with E-state index < -0.39 is 12.2 Å². The number of phenolic OH excluding ortho intramolecular Hbond substituents is 1. The van der Waals surface area contributed by atoms with Gasteiger partial charge in [-0.05, 0) is 104 Å². The molecule has 2 unspecified atom stereocenters. The van der Waals surface area contributed by atoms with Gasteiger partial charge in [-0.3, -0.25) is 14.5 Å². The van der Waals surface area contributed by atoms with Crippen molar-refractivity contribution < 1.29 is 24.9 Å². The highest BCUT2D eigenvalue weighted by molar-refractivity contribution is 5.94. The third-order valence-electron chi connectivity index (χ3n) is 10.3. The van der Waals surface area contributed by atoms with Crippen LogP contribution in [0.4, 0.5) is 16.2 Å². The van der Waals surface area contributed by atoms with Gasteiger partial charge >= 0.3 is 6.09 Å². The van der Waals surface area contributed by atoms with Crippen LogP contribution < -0.4 is 26.8 Å². The average molecular weight is 732 g/mol. The van der Waals surface area contributed by atoms with Gasteiger partial charge in [0.2, 0.25) is 11.5 Å². The smallest absolute Gasteiger partial charge is 0.412 e. The number of aromatic amines is 1. The first kappa shape index (κ1) is 38.2. The second-order valence-electron chi connectivity index (χ2n) is 14.4. The molecule has 2 amide bonds. The minimum absolute atomic E-state index is 0.0362. The molecule has 11 heteroatoms. The lowest BCUT2D eigenvalue weighted by molar-refractivity contribution is -0.116. The molecule has 11 nitrogen and oxygen atoms in total. The molecule has 0 spiro atoms. The van der Waals surface area contributed by atoms with Gasteiger partial charge in [-0.1, -0.05) is 60.7 Å². The first-order valence-electron chi connectivity index (χ1n) is 18.7. The number of aromatic hydroxyl groups is 1. The van der Waals surface area contributed by atoms with E-state index in [0.29, 0.717) is 53.5 Å². The summed E-state index contributed by atoms with van der Waals surface area (Å²) < 4.78 is 0. The van der Waals surface area contributed by atoms with Gasteiger partial charge < -0.3 is 36.7 Å². The van der Waals surface area contributed by atoms with E-state index >= 15 is 0 Å². The number of phenols is 1. The second kappa shape index (κ2) is 17.6. The van der Waals surface area contributed by atoms with Crippen LogP contribution in [-0.4, -0.2) is 57.0 Å². The molecule has 6 rings (SSSR count). The molecule has 0 radical (unpaired) electrons. The van der Waals surface area contributed by atoms with E-state index in [-0.39, 0.29) is 41.9 Å². The van der Waals surface area contributed by atoms with Crippen LogP contribution >= 0.6 is 0 Å². The summed E-state index contributed by atoms with van der Waals surface area (Å²) >= 11 is 0. The number of aliphatic hydroxyl groups excluding tert-OH is 1. The number of H-pyrrole nitrogens is 1. The van der Waals surface area contributed by atoms with Crippen molar-refractivity contribution in [2.45, 2.75) is 82.5 Å². The number of rotatable bonds is 14. The summed E-state index contributed by atoms with van der Waals surface area (Å²) in [4.78, 5) is 41.5. The molecule has 1 fully saturated rings. The number of benzene rings is 4. The number of pyridine rings is 1. The van der Waals surface area contributed by atoms with Gasteiger partial charge in [0, 0.05) is 53.8 Å². The Kier molecular flexibility index (Phi) is 12.4. The lowest BCUT2D eigenvalue weighted by Gasteiger charge is -2.35. The van der Waals surface area contributed by atoms with Gasteiger partial charge in [-0.2, -0.15) is 0 Å². The van der Waals surface area contributed by atoms with Crippen LogP contribution in [0.1, 0.15) is 68.2 Å². The van der Waals surface area contributed by atoms with Crippen molar-refractivity contribution in [3.8, 4) is 16.9 Å². The van der Waals surface area contributed by atoms with E-state index in [9.17, 15) is 29.7 Å². The molecule has 0 bridgehead atoms. The summed E-state index contributed by atoms with van der Waals surface area (Å²) in [5.74, 6) is -0.144. The van der Waals surface area contributed by atoms with Gasteiger partial charge in [0.05, 0.1) is 17.3 Å². The number of hydrogen-bond donors (Lipinski definition) is 7. The van der Waals surface area contributed by atoms with E-state index in [1.807, 2.05) is 79.7 Å². The number of carboxylic acid groups (broad SMARTS) is 1. The summed E-state index contributed by atoms with van der Waals surface area (Å²) in [5.41, 5.74) is 11.9. The molecule has 4 aromatic carbocycles. The fourth-order valence-corrected chi connectivity index (χ4v) is 7.41. The van der Waals surface area contributed by atoms with E-state index in [1.54, 1.807) is 12.1 Å². The molecule has 1 aromatic heterocycles. The first-order chi connectivity index (χ1) is 26.0. The summed E-state index contributed by atoms with van der Waals surface area (Å²) in [6, 6.07) is 29.6. The quantitative estimate of drug-likeness (QED) is 0.0646. The number of carbonyl (C=O) groups excluding carboxylic acids is 1. The van der Waals surface area contributed by atoms with E-state index in [2.05, 4.69) is 15.6 Å². The van der Waals surface area contributed by atoms with Crippen molar-refractivity contribution in [1.29, 1.82) is 0 Å². The van der Waals surface area contributed by atoms with Gasteiger partial charge in [0.1, 0.15) is 5.75 Å². The van der Waals surface area contributed by atoms with Crippen LogP contribution in [0.3, 0.4) is 0 Å². The molecule has 1 saturated carbocycles. The molecule has 0 saturated heterocycles. The predicted molar refractivity (Wildman–Crippen MR) is 213 cm³/mol. The maximum absolute atomic E-state index is 12.9. The van der Waals surface area contributed by atoms with Crippen molar-refractivity contribution in [3.63, 3.8) is 0 Å². The molecule has 54 heavy (non-hydrogen) atoms. The van der Waals surface area contributed by atoms with Crippen molar-refractivity contribution >= 4 is 34.3 Å². The zero-order valence-electron chi connectivity index (χ0n) is 30.5. The third-order valence-corrected chi connectivity index (χ3v) is 10.3. The standard InChI is InChI=1S/C43H49N5O6/c1-27(45-26-39(50)35-20-22-38(49)42-36(35)21-23-41(52)47-42)24-29-10-15-32(16-11-29)46-40(51)9-5-6-28-12-19-34(30-7-3-2-4-8-30)37(25-28)48(43(53)54)33-17-13-31(44)14-18-33/h2-4,7-8,10-12,15-16,19-23,25,27,31,33,39,45,49-50H,5-6,9,13-14,17-18,24,26,44H2,1H3,(H,46,51)(H,47,52)(H,53,54). The number of hydrogen-bond acceptors (Lipinski definition) is 7. The number of nitrogens with one attached hydrogen (secondary N) is 3. The summed E-state index contributed by atoms with van der Waals surface area (Å²) in [7, 11) is 0. The molecule has 2 atom stereocenters. The maximum atomic E-state index is 12.9. The second-order valence-corrected chi connectivity index (χ2v) is 14.4. The van der Waals surface area contributed by atoms with Crippen molar-refractivity contribution in [3.05, 3.63) is 124 Å². The average Bonchev–Trinajstić information content (AvgIpc) is 3.16. The molecule has 1 heterocycles. The number of carbonyl (C=O) groups is 2. The van der Waals surface area contributed by atoms with Crippen LogP contribution in [0, 0.1) is 0 Å². The minimum Gasteiger partial charge on any atom is -0.506 e. The van der Waals surface area contributed by atoms with Gasteiger partial charge in [-0.15, -0.1) is 0 Å². The first-order valence-corrected chi connectivity index (χ1v) is 18.7. The number of amides is 2. The lowest BCUT2D eigenvalue weighted by atomic mass is 9.89. The molecule has 1 aliphatic carbocycles. The largest absolute Gasteiger partial charge is 0.506 e. The summed E-state index contributed by atoms with van der Waals surface area (Å²) in [5, 5.41) is 38.4. The number of nitrogens with two attached hydrogens (primary N) is 1. The highest BCUT2D eigenvalue weighted by Gasteiger charge is 2.30. The Morgan fingerprint density at radius 2 is 1.65 bits per heavy atom. The normalized spacial score (nSPS) is 16.8. The van der Waals surface area contributed by atoms with Gasteiger partial charge in [-0.25, -0.2) is 4.79 Å². The SMILES string of the molecule is CC(Cc1ccc(NC(=O)CCCc2ccc(-c3ccccc3)c(N(C(=O)O)C3CCC(N)CC3)c2)cc1)NCC(O)c1ccc(O)c2[nH]c(=O)ccc12. The Morgan fingerprint density at radius 3 is 2.37 bits per heavy atom. The van der Waals surface area contributed by atoms with Gasteiger partial charge in [0.25, 0.3) is 0 Å². The maximum Gasteiger partial charge on any atom is 0.412 e. The van der Waals surface area contributed by atoms with Crippen molar-refractivity contribution in [1.82, 2.24) is 10.3 Å². The zero-order valence-corrected chi connectivity index (χ0v) is 30.5. The number of aromatic nitrogens is 1. The Hall–Kier alpha value is -5.49. The molecule has 8 N–H and O–H groups in total. The molecule has 1 aliphatic rings. The summed E-state index contributed by atoms with van der Waals surface area (Å²) in [6.45, 7) is 2.30. The zero-order chi connectivity index (χ0) is 38.2. The fraction of sp³-hybridized carbons (Fsp3) is 0.326. The Labute approximate surface area is 314 Å². The van der Waals surface area contributed by atoms with E-state index in [1.165, 1.54) is 17.0 Å². The fourth-order valence-electron chi connectivity index (χ4n) is 7.41. The summed E-state index contributed by atoms with van der Waals surface area (Å²) in [6.07, 6.45) is 3.44. The van der Waals surface area contributed by atoms with Crippen molar-refractivity contribution in [2.24, 2.45) is 5.73 Å². The Bertz CT molecular complexity index is 2110. The lowest BCUT2D eigenvalue weighted by Crippen LogP contribution is -2.44. The molecule has 5 aromatic rings. The van der Waals surface area contributed by atoms with Crippen LogP contribution in [0.2, 0.25) is 0 Å². The molecular weight excluding hydrogens is 683 g/mol. The van der Waals surface area contributed by atoms with E-state index in [4.69, 9.17) is 5.73 Å². The highest BCUT2D eigenvalue weighted by atomic mass is 16.4. The molecular formula is C43H49N5O6. The predicted octanol–water partition coefficient (Wildman–Crippen LogP) is 6.87. The number of anilines is 2. The number of aliphatic hydroxyl groups is 1. The number of nitrogens with zero attached hydrogens (tertiary/aromatic N) is 1.